The minimum absolute atomic E-state index is 0. The Bertz CT molecular complexity index is 128. The van der Waals surface area contributed by atoms with Gasteiger partial charge in [0.2, 0.25) is 0 Å². The molecule has 0 heterocycles. The summed E-state index contributed by atoms with van der Waals surface area (Å²) in [6.45, 7) is 1.31. The molecule has 0 atom stereocenters. The molecular formula is C8H20Cl2N2OS. The Kier molecular flexibility index (Phi) is 22.8. The average molecular weight is 263 g/mol. The summed E-state index contributed by atoms with van der Waals surface area (Å²) >= 11 is 1.34. The summed E-state index contributed by atoms with van der Waals surface area (Å²) in [6.07, 6.45) is 3.72. The Balaban J connectivity index is -0.000000605. The highest BCUT2D eigenvalue weighted by molar-refractivity contribution is 8.13. The first-order valence-corrected chi connectivity index (χ1v) is 5.35. The van der Waals surface area contributed by atoms with Crippen LogP contribution in [0.15, 0.2) is 0 Å². The molecule has 0 aromatic carbocycles. The van der Waals surface area contributed by atoms with Gasteiger partial charge in [-0.25, -0.2) is 0 Å². The Morgan fingerprint density at radius 1 is 1.00 bits per heavy atom. The molecule has 0 unspecified atom stereocenters. The van der Waals surface area contributed by atoms with Gasteiger partial charge in [-0.1, -0.05) is 18.2 Å². The zero-order valence-corrected chi connectivity index (χ0v) is 10.7. The molecule has 0 radical (unpaired) electrons. The molecule has 0 saturated heterocycles. The number of unbranched alkanes of at least 4 members (excludes halogenated alkanes) is 2. The number of hydrogen-bond donors (Lipinski definition) is 2. The molecule has 0 aliphatic heterocycles. The number of thioether (sulfide) groups is 1. The van der Waals surface area contributed by atoms with Gasteiger partial charge in [-0.3, -0.25) is 4.79 Å². The molecule has 0 fully saturated rings. The summed E-state index contributed by atoms with van der Waals surface area (Å²) < 4.78 is 0. The number of nitrogens with two attached hydrogens (primary N) is 2. The number of carbonyl (C=O) groups is 1. The lowest BCUT2D eigenvalue weighted by Crippen LogP contribution is -2.04. The van der Waals surface area contributed by atoms with Gasteiger partial charge in [0.15, 0.2) is 5.12 Å². The van der Waals surface area contributed by atoms with Crippen molar-refractivity contribution >= 4 is 41.7 Å². The number of rotatable bonds is 7. The van der Waals surface area contributed by atoms with Crippen LogP contribution in [0.25, 0.3) is 0 Å². The smallest absolute Gasteiger partial charge is 0.188 e. The van der Waals surface area contributed by atoms with Crippen LogP contribution >= 0.6 is 36.6 Å². The van der Waals surface area contributed by atoms with E-state index in [1.54, 1.807) is 0 Å². The molecule has 0 amide bonds. The Labute approximate surface area is 103 Å². The van der Waals surface area contributed by atoms with Crippen LogP contribution in [0.2, 0.25) is 0 Å². The van der Waals surface area contributed by atoms with Crippen LogP contribution in [0.4, 0.5) is 0 Å². The van der Waals surface area contributed by atoms with Crippen LogP contribution < -0.4 is 11.5 Å². The van der Waals surface area contributed by atoms with Crippen molar-refractivity contribution in [2.75, 3.05) is 18.8 Å². The largest absolute Gasteiger partial charge is 0.330 e. The molecule has 0 aliphatic carbocycles. The van der Waals surface area contributed by atoms with Gasteiger partial charge in [0.05, 0.1) is 0 Å². The van der Waals surface area contributed by atoms with Crippen LogP contribution in [0.5, 0.6) is 0 Å². The molecule has 6 heteroatoms. The lowest BCUT2D eigenvalue weighted by atomic mass is 10.2. The van der Waals surface area contributed by atoms with E-state index in [-0.39, 0.29) is 29.9 Å². The second-order valence-corrected chi connectivity index (χ2v) is 3.76. The van der Waals surface area contributed by atoms with E-state index in [4.69, 9.17) is 11.5 Å². The standard InChI is InChI=1S/C8H18N2OS.2ClH/c9-5-3-1-2-4-8(11)12-7-6-10;;/h1-7,9-10H2;2*1H. The molecule has 0 aromatic heterocycles. The predicted molar refractivity (Wildman–Crippen MR) is 68.5 cm³/mol. The molecule has 0 saturated carbocycles. The molecular weight excluding hydrogens is 243 g/mol. The number of halogens is 2. The van der Waals surface area contributed by atoms with Gasteiger partial charge < -0.3 is 11.5 Å². The average Bonchev–Trinajstić information content (AvgIpc) is 2.09. The highest BCUT2D eigenvalue weighted by Gasteiger charge is 2.00. The minimum atomic E-state index is 0. The summed E-state index contributed by atoms with van der Waals surface area (Å²) in [6, 6.07) is 0. The van der Waals surface area contributed by atoms with Crippen molar-refractivity contribution in [1.82, 2.24) is 0 Å². The Hall–Kier alpha value is 0.520. The fourth-order valence-electron chi connectivity index (χ4n) is 0.835. The van der Waals surface area contributed by atoms with E-state index in [9.17, 15) is 4.79 Å². The van der Waals surface area contributed by atoms with E-state index in [1.807, 2.05) is 0 Å². The van der Waals surface area contributed by atoms with Crippen LogP contribution in [0, 0.1) is 0 Å². The van der Waals surface area contributed by atoms with Crippen molar-refractivity contribution in [2.24, 2.45) is 11.5 Å². The monoisotopic (exact) mass is 262 g/mol. The summed E-state index contributed by atoms with van der Waals surface area (Å²) in [7, 11) is 0. The molecule has 0 aromatic rings. The topological polar surface area (TPSA) is 69.1 Å². The minimum Gasteiger partial charge on any atom is -0.330 e. The zero-order valence-electron chi connectivity index (χ0n) is 8.24. The molecule has 0 spiro atoms. The summed E-state index contributed by atoms with van der Waals surface area (Å²) in [4.78, 5) is 11.0. The molecule has 3 nitrogen and oxygen atoms in total. The third-order valence-electron chi connectivity index (χ3n) is 1.47. The number of carbonyl (C=O) groups excluding carboxylic acids is 1. The molecule has 0 bridgehead atoms. The van der Waals surface area contributed by atoms with Gasteiger partial charge >= 0.3 is 0 Å². The van der Waals surface area contributed by atoms with Crippen molar-refractivity contribution in [1.29, 1.82) is 0 Å². The normalized spacial score (nSPS) is 8.71. The van der Waals surface area contributed by atoms with E-state index < -0.39 is 0 Å². The number of hydrogen-bond acceptors (Lipinski definition) is 4. The first-order chi connectivity index (χ1) is 5.81. The van der Waals surface area contributed by atoms with Crippen molar-refractivity contribution < 1.29 is 4.79 Å². The predicted octanol–water partition coefficient (Wildman–Crippen LogP) is 1.57. The van der Waals surface area contributed by atoms with Gasteiger partial charge in [-0.15, -0.1) is 24.8 Å². The molecule has 88 valence electrons. The molecule has 0 aliphatic rings. The van der Waals surface area contributed by atoms with Crippen molar-refractivity contribution in [3.8, 4) is 0 Å². The Morgan fingerprint density at radius 3 is 2.14 bits per heavy atom. The highest BCUT2D eigenvalue weighted by atomic mass is 35.5. The summed E-state index contributed by atoms with van der Waals surface area (Å²) in [5.41, 5.74) is 10.6. The van der Waals surface area contributed by atoms with Gasteiger partial charge in [0, 0.05) is 18.7 Å². The van der Waals surface area contributed by atoms with Crippen molar-refractivity contribution in [3.05, 3.63) is 0 Å². The van der Waals surface area contributed by atoms with Crippen LogP contribution in [0.3, 0.4) is 0 Å². The van der Waals surface area contributed by atoms with E-state index in [0.29, 0.717) is 13.0 Å². The Morgan fingerprint density at radius 2 is 1.64 bits per heavy atom. The van der Waals surface area contributed by atoms with Gasteiger partial charge in [0.25, 0.3) is 0 Å². The quantitative estimate of drug-likeness (QED) is 0.684. The second kappa shape index (κ2) is 16.0. The third-order valence-corrected chi connectivity index (χ3v) is 2.43. The summed E-state index contributed by atoms with van der Waals surface area (Å²) in [5.74, 6) is 0.746. The summed E-state index contributed by atoms with van der Waals surface area (Å²) in [5, 5.41) is 0.262. The lowest BCUT2D eigenvalue weighted by molar-refractivity contribution is -0.111. The van der Waals surface area contributed by atoms with Crippen molar-refractivity contribution in [2.45, 2.75) is 25.7 Å². The van der Waals surface area contributed by atoms with Crippen molar-refractivity contribution in [3.63, 3.8) is 0 Å². The molecule has 0 rings (SSSR count). The van der Waals surface area contributed by atoms with Gasteiger partial charge in [-0.05, 0) is 19.4 Å². The molecule has 4 N–H and O–H groups in total. The van der Waals surface area contributed by atoms with Crippen LogP contribution in [-0.2, 0) is 4.79 Å². The lowest BCUT2D eigenvalue weighted by Gasteiger charge is -1.98. The maximum Gasteiger partial charge on any atom is 0.188 e. The second-order valence-electron chi connectivity index (χ2n) is 2.61. The SMILES string of the molecule is Cl.Cl.NCCCCCC(=O)SCCN. The van der Waals surface area contributed by atoms with Gasteiger partial charge in [-0.2, -0.15) is 0 Å². The first kappa shape index (κ1) is 20.0. The molecule has 14 heavy (non-hydrogen) atoms. The zero-order chi connectivity index (χ0) is 9.23. The first-order valence-electron chi connectivity index (χ1n) is 4.37. The van der Waals surface area contributed by atoms with E-state index in [0.717, 1.165) is 31.6 Å². The van der Waals surface area contributed by atoms with Crippen LogP contribution in [-0.4, -0.2) is 24.0 Å². The van der Waals surface area contributed by atoms with Gasteiger partial charge in [0.1, 0.15) is 0 Å². The fraction of sp³-hybridized carbons (Fsp3) is 0.875. The third kappa shape index (κ3) is 15.0. The fourth-order valence-corrected chi connectivity index (χ4v) is 1.47. The van der Waals surface area contributed by atoms with E-state index in [1.165, 1.54) is 11.8 Å². The maximum absolute atomic E-state index is 11.0. The maximum atomic E-state index is 11.0. The van der Waals surface area contributed by atoms with Crippen LogP contribution in [0.1, 0.15) is 25.7 Å². The van der Waals surface area contributed by atoms with E-state index in [2.05, 4.69) is 0 Å². The highest BCUT2D eigenvalue weighted by Crippen LogP contribution is 2.08. The van der Waals surface area contributed by atoms with E-state index >= 15 is 0 Å².